The molecule has 2 aromatic carbocycles. The molecule has 33 heavy (non-hydrogen) atoms. The van der Waals surface area contributed by atoms with E-state index in [4.69, 9.17) is 11.6 Å². The van der Waals surface area contributed by atoms with E-state index in [2.05, 4.69) is 5.32 Å². The molecule has 1 aliphatic heterocycles. The predicted molar refractivity (Wildman–Crippen MR) is 129 cm³/mol. The molecule has 1 heterocycles. The lowest BCUT2D eigenvalue weighted by Crippen LogP contribution is -2.43. The Morgan fingerprint density at radius 3 is 2.30 bits per heavy atom. The number of carbonyl (C=O) groups is 3. The van der Waals surface area contributed by atoms with Gasteiger partial charge in [-0.2, -0.15) is 0 Å². The van der Waals surface area contributed by atoms with Gasteiger partial charge in [-0.3, -0.25) is 19.3 Å². The molecule has 1 saturated carbocycles. The van der Waals surface area contributed by atoms with Crippen molar-refractivity contribution < 1.29 is 14.4 Å². The first-order valence-electron chi connectivity index (χ1n) is 11.5. The van der Waals surface area contributed by atoms with Gasteiger partial charge in [0.15, 0.2) is 0 Å². The number of rotatable bonds is 7. The van der Waals surface area contributed by atoms with E-state index in [1.54, 1.807) is 17.0 Å². The quantitative estimate of drug-likeness (QED) is 0.607. The summed E-state index contributed by atoms with van der Waals surface area (Å²) < 4.78 is 0. The number of anilines is 1. The van der Waals surface area contributed by atoms with Crippen molar-refractivity contribution in [3.8, 4) is 0 Å². The van der Waals surface area contributed by atoms with E-state index < -0.39 is 5.91 Å². The number of hydrogen-bond donors (Lipinski definition) is 1. The first-order valence-corrected chi connectivity index (χ1v) is 11.9. The Kier molecular flexibility index (Phi) is 7.14. The van der Waals surface area contributed by atoms with Crippen LogP contribution in [-0.2, 0) is 16.1 Å². The van der Waals surface area contributed by atoms with Crippen LogP contribution in [0, 0.1) is 0 Å². The van der Waals surface area contributed by atoms with Crippen molar-refractivity contribution in [3.63, 3.8) is 0 Å². The van der Waals surface area contributed by atoms with E-state index in [1.165, 1.54) is 4.90 Å². The Morgan fingerprint density at radius 2 is 1.67 bits per heavy atom. The molecule has 6 nitrogen and oxygen atoms in total. The van der Waals surface area contributed by atoms with Crippen LogP contribution in [0.5, 0.6) is 0 Å². The first kappa shape index (κ1) is 23.1. The second-order valence-electron chi connectivity index (χ2n) is 8.40. The van der Waals surface area contributed by atoms with Crippen molar-refractivity contribution in [1.82, 2.24) is 10.2 Å². The molecular formula is C26H28ClN3O3. The number of carbonyl (C=O) groups excluding carboxylic acids is 3. The summed E-state index contributed by atoms with van der Waals surface area (Å²) in [4.78, 5) is 41.5. The zero-order valence-electron chi connectivity index (χ0n) is 18.7. The van der Waals surface area contributed by atoms with Crippen LogP contribution in [0.3, 0.4) is 0 Å². The lowest BCUT2D eigenvalue weighted by molar-refractivity contribution is -0.140. The first-order chi connectivity index (χ1) is 16.0. The van der Waals surface area contributed by atoms with Crippen LogP contribution in [-0.4, -0.2) is 35.2 Å². The molecule has 4 rings (SSSR count). The molecule has 0 unspecified atom stereocenters. The number of amides is 3. The Bertz CT molecular complexity index is 1060. The zero-order valence-corrected chi connectivity index (χ0v) is 19.5. The summed E-state index contributed by atoms with van der Waals surface area (Å²) in [5, 5.41) is 3.00. The molecule has 0 atom stereocenters. The van der Waals surface area contributed by atoms with Crippen molar-refractivity contribution >= 4 is 35.0 Å². The van der Waals surface area contributed by atoms with Crippen LogP contribution in [0.2, 0.25) is 0 Å². The summed E-state index contributed by atoms with van der Waals surface area (Å²) in [5.74, 6) is -0.823. The number of benzene rings is 2. The number of imide groups is 1. The third-order valence-corrected chi connectivity index (χ3v) is 6.65. The summed E-state index contributed by atoms with van der Waals surface area (Å²) >= 11 is 6.23. The maximum atomic E-state index is 13.0. The number of halogens is 1. The summed E-state index contributed by atoms with van der Waals surface area (Å²) in [6, 6.07) is 16.7. The third-order valence-electron chi connectivity index (χ3n) is 6.30. The number of hydrogen-bond acceptors (Lipinski definition) is 4. The molecule has 0 saturated heterocycles. The molecule has 1 aliphatic carbocycles. The molecule has 2 aromatic rings. The molecule has 0 bridgehead atoms. The van der Waals surface area contributed by atoms with Gasteiger partial charge in [0, 0.05) is 30.4 Å². The largest absolute Gasteiger partial charge is 0.375 e. The second-order valence-corrected chi connectivity index (χ2v) is 8.77. The van der Waals surface area contributed by atoms with Gasteiger partial charge in [-0.1, -0.05) is 61.2 Å². The second kappa shape index (κ2) is 10.2. The normalized spacial score (nSPS) is 17.0. The molecule has 2 aliphatic rings. The van der Waals surface area contributed by atoms with Gasteiger partial charge in [-0.05, 0) is 49.6 Å². The maximum Gasteiger partial charge on any atom is 0.278 e. The Balaban J connectivity index is 1.41. The molecule has 7 heteroatoms. The van der Waals surface area contributed by atoms with E-state index in [1.807, 2.05) is 49.4 Å². The monoisotopic (exact) mass is 465 g/mol. The zero-order chi connectivity index (χ0) is 23.4. The highest BCUT2D eigenvalue weighted by Crippen LogP contribution is 2.30. The molecule has 172 valence electrons. The summed E-state index contributed by atoms with van der Waals surface area (Å²) in [5.41, 5.74) is 2.47. The molecule has 0 radical (unpaired) electrons. The highest BCUT2D eigenvalue weighted by Gasteiger charge is 2.41. The van der Waals surface area contributed by atoms with Gasteiger partial charge in [-0.25, -0.2) is 0 Å². The van der Waals surface area contributed by atoms with Gasteiger partial charge in [0.25, 0.3) is 17.7 Å². The number of para-hydroxylation sites is 1. The minimum atomic E-state index is -0.405. The standard InChI is InChI=1S/C26H28ClN3O3/c1-2-29(20-9-5-3-6-10-20)24(31)19-15-13-18(14-16-19)17-28-23-22(27)25(32)30(26(23)33)21-11-7-4-8-12-21/h3,5-6,9-10,13-16,21,28H,2,4,7-8,11-12,17H2,1H3. The molecular weight excluding hydrogens is 438 g/mol. The van der Waals surface area contributed by atoms with Crippen LogP contribution >= 0.6 is 11.6 Å². The fourth-order valence-electron chi connectivity index (χ4n) is 4.51. The summed E-state index contributed by atoms with van der Waals surface area (Å²) in [6.07, 6.45) is 4.85. The average molecular weight is 466 g/mol. The van der Waals surface area contributed by atoms with Crippen molar-refractivity contribution in [2.45, 2.75) is 51.6 Å². The topological polar surface area (TPSA) is 69.7 Å². The number of nitrogens with zero attached hydrogens (tertiary/aromatic N) is 2. The maximum absolute atomic E-state index is 13.0. The van der Waals surface area contributed by atoms with Crippen molar-refractivity contribution in [3.05, 3.63) is 76.5 Å². The SMILES string of the molecule is CCN(C(=O)c1ccc(CNC2=C(Cl)C(=O)N(C3CCCCC3)C2=O)cc1)c1ccccc1. The lowest BCUT2D eigenvalue weighted by atomic mass is 9.94. The molecule has 1 N–H and O–H groups in total. The van der Waals surface area contributed by atoms with Crippen LogP contribution in [0.25, 0.3) is 0 Å². The highest BCUT2D eigenvalue weighted by molar-refractivity contribution is 6.47. The smallest absolute Gasteiger partial charge is 0.278 e. The average Bonchev–Trinajstić information content (AvgIpc) is 3.07. The fourth-order valence-corrected chi connectivity index (χ4v) is 4.74. The molecule has 0 spiro atoms. The van der Waals surface area contributed by atoms with Gasteiger partial charge >= 0.3 is 0 Å². The summed E-state index contributed by atoms with van der Waals surface area (Å²) in [6.45, 7) is 2.83. The Labute approximate surface area is 199 Å². The number of nitrogens with one attached hydrogen (secondary N) is 1. The van der Waals surface area contributed by atoms with E-state index in [0.717, 1.165) is 43.4 Å². The van der Waals surface area contributed by atoms with Gasteiger partial charge in [-0.15, -0.1) is 0 Å². The van der Waals surface area contributed by atoms with Crippen LogP contribution in [0.4, 0.5) is 5.69 Å². The van der Waals surface area contributed by atoms with Gasteiger partial charge in [0.05, 0.1) is 0 Å². The third kappa shape index (κ3) is 4.81. The van der Waals surface area contributed by atoms with E-state index in [-0.39, 0.29) is 28.6 Å². The van der Waals surface area contributed by atoms with Crippen molar-refractivity contribution in [1.29, 1.82) is 0 Å². The van der Waals surface area contributed by atoms with Gasteiger partial charge in [0.1, 0.15) is 10.7 Å². The van der Waals surface area contributed by atoms with E-state index >= 15 is 0 Å². The van der Waals surface area contributed by atoms with Gasteiger partial charge in [0.2, 0.25) is 0 Å². The van der Waals surface area contributed by atoms with E-state index in [0.29, 0.717) is 18.7 Å². The summed E-state index contributed by atoms with van der Waals surface area (Å²) in [7, 11) is 0. The molecule has 0 aromatic heterocycles. The molecule has 3 amide bonds. The predicted octanol–water partition coefficient (Wildman–Crippen LogP) is 4.59. The Hall–Kier alpha value is -3.12. The van der Waals surface area contributed by atoms with Crippen molar-refractivity contribution in [2.75, 3.05) is 11.4 Å². The van der Waals surface area contributed by atoms with Crippen LogP contribution < -0.4 is 10.2 Å². The fraction of sp³-hybridized carbons (Fsp3) is 0.346. The van der Waals surface area contributed by atoms with Gasteiger partial charge < -0.3 is 10.2 Å². The van der Waals surface area contributed by atoms with Crippen molar-refractivity contribution in [2.24, 2.45) is 0 Å². The lowest BCUT2D eigenvalue weighted by Gasteiger charge is -2.29. The Morgan fingerprint density at radius 1 is 1.00 bits per heavy atom. The molecule has 1 fully saturated rings. The minimum absolute atomic E-state index is 0.0428. The minimum Gasteiger partial charge on any atom is -0.375 e. The highest BCUT2D eigenvalue weighted by atomic mass is 35.5. The van der Waals surface area contributed by atoms with Crippen LogP contribution in [0.15, 0.2) is 65.3 Å². The van der Waals surface area contributed by atoms with Crippen LogP contribution in [0.1, 0.15) is 54.9 Å². The van der Waals surface area contributed by atoms with E-state index in [9.17, 15) is 14.4 Å².